The first-order chi connectivity index (χ1) is 11.4. The van der Waals surface area contributed by atoms with Gasteiger partial charge in [-0.15, -0.1) is 0 Å². The Morgan fingerprint density at radius 1 is 1.08 bits per heavy atom. The van der Waals surface area contributed by atoms with Crippen molar-refractivity contribution in [3.05, 3.63) is 70.8 Å². The van der Waals surface area contributed by atoms with Gasteiger partial charge in [-0.3, -0.25) is 4.79 Å². The molecule has 0 aromatic heterocycles. The maximum absolute atomic E-state index is 13.6. The van der Waals surface area contributed by atoms with Crippen LogP contribution in [0.3, 0.4) is 0 Å². The summed E-state index contributed by atoms with van der Waals surface area (Å²) < 4.78 is 27.1. The number of amides is 1. The minimum absolute atomic E-state index is 0.0908. The molecule has 1 amide bonds. The van der Waals surface area contributed by atoms with Crippen molar-refractivity contribution in [3.63, 3.8) is 0 Å². The van der Waals surface area contributed by atoms with Gasteiger partial charge in [0.25, 0.3) is 0 Å². The summed E-state index contributed by atoms with van der Waals surface area (Å²) in [6.07, 6.45) is -0.469. The van der Waals surface area contributed by atoms with Crippen LogP contribution in [0.2, 0.25) is 0 Å². The van der Waals surface area contributed by atoms with Gasteiger partial charge in [0.05, 0.1) is 6.42 Å². The Balaban J connectivity index is 2.09. The van der Waals surface area contributed by atoms with Gasteiger partial charge in [-0.25, -0.2) is 13.6 Å². The molecule has 24 heavy (non-hydrogen) atoms. The second-order valence-electron chi connectivity index (χ2n) is 5.47. The SMILES string of the molecule is Cc1ccccc1C[C@@H](NC(=O)Cc1c(F)cccc1F)C(=O)O. The molecule has 0 aliphatic rings. The largest absolute Gasteiger partial charge is 0.480 e. The summed E-state index contributed by atoms with van der Waals surface area (Å²) in [6.45, 7) is 1.84. The number of carbonyl (C=O) groups excluding carboxylic acids is 1. The fourth-order valence-electron chi connectivity index (χ4n) is 2.37. The van der Waals surface area contributed by atoms with Crippen LogP contribution in [0.4, 0.5) is 8.78 Å². The number of carboxylic acids is 1. The molecule has 0 saturated heterocycles. The standard InChI is InChI=1S/C18H17F2NO3/c1-11-5-2-3-6-12(11)9-16(18(23)24)21-17(22)10-13-14(19)7-4-8-15(13)20/h2-8,16H,9-10H2,1H3,(H,21,22)(H,23,24)/t16-/m1/s1. The van der Waals surface area contributed by atoms with Gasteiger partial charge in [-0.1, -0.05) is 30.3 Å². The van der Waals surface area contributed by atoms with Crippen LogP contribution in [0.25, 0.3) is 0 Å². The monoisotopic (exact) mass is 333 g/mol. The van der Waals surface area contributed by atoms with Crippen LogP contribution in [0, 0.1) is 18.6 Å². The van der Waals surface area contributed by atoms with Crippen LogP contribution in [0.15, 0.2) is 42.5 Å². The zero-order valence-electron chi connectivity index (χ0n) is 13.1. The molecule has 0 unspecified atom stereocenters. The van der Waals surface area contributed by atoms with E-state index in [2.05, 4.69) is 5.32 Å². The summed E-state index contributed by atoms with van der Waals surface area (Å²) in [5.41, 5.74) is 1.30. The maximum atomic E-state index is 13.6. The van der Waals surface area contributed by atoms with Gasteiger partial charge in [-0.2, -0.15) is 0 Å². The molecular weight excluding hydrogens is 316 g/mol. The molecule has 6 heteroatoms. The Bertz CT molecular complexity index is 741. The summed E-state index contributed by atoms with van der Waals surface area (Å²) >= 11 is 0. The number of halogens is 2. The molecule has 0 spiro atoms. The fraction of sp³-hybridized carbons (Fsp3) is 0.222. The number of aryl methyl sites for hydroxylation is 1. The Hall–Kier alpha value is -2.76. The van der Waals surface area contributed by atoms with Crippen molar-refractivity contribution in [1.82, 2.24) is 5.32 Å². The highest BCUT2D eigenvalue weighted by Crippen LogP contribution is 2.14. The fourth-order valence-corrected chi connectivity index (χ4v) is 2.37. The second kappa shape index (κ2) is 7.68. The second-order valence-corrected chi connectivity index (χ2v) is 5.47. The van der Waals surface area contributed by atoms with Gasteiger partial charge >= 0.3 is 5.97 Å². The first-order valence-electron chi connectivity index (χ1n) is 7.38. The smallest absolute Gasteiger partial charge is 0.326 e. The first kappa shape index (κ1) is 17.6. The lowest BCUT2D eigenvalue weighted by Crippen LogP contribution is -2.43. The molecule has 4 nitrogen and oxygen atoms in total. The maximum Gasteiger partial charge on any atom is 0.326 e. The Morgan fingerprint density at radius 3 is 2.29 bits per heavy atom. The normalized spacial score (nSPS) is 11.8. The highest BCUT2D eigenvalue weighted by molar-refractivity contribution is 5.85. The molecule has 0 bridgehead atoms. The number of carbonyl (C=O) groups is 2. The van der Waals surface area contributed by atoms with E-state index in [0.717, 1.165) is 23.3 Å². The number of hydrogen-bond acceptors (Lipinski definition) is 2. The van der Waals surface area contributed by atoms with Crippen LogP contribution in [0.5, 0.6) is 0 Å². The van der Waals surface area contributed by atoms with E-state index >= 15 is 0 Å². The van der Waals surface area contributed by atoms with Crippen LogP contribution in [0.1, 0.15) is 16.7 Å². The molecule has 0 saturated carbocycles. The van der Waals surface area contributed by atoms with Crippen molar-refractivity contribution in [1.29, 1.82) is 0 Å². The summed E-state index contributed by atoms with van der Waals surface area (Å²) in [7, 11) is 0. The Labute approximate surface area is 138 Å². The quantitative estimate of drug-likeness (QED) is 0.854. The third-order valence-electron chi connectivity index (χ3n) is 3.72. The highest BCUT2D eigenvalue weighted by Gasteiger charge is 2.22. The summed E-state index contributed by atoms with van der Waals surface area (Å²) in [5, 5.41) is 11.6. The molecule has 2 rings (SSSR count). The predicted octanol–water partition coefficient (Wildman–Crippen LogP) is 2.63. The van der Waals surface area contributed by atoms with Crippen molar-refractivity contribution < 1.29 is 23.5 Å². The van der Waals surface area contributed by atoms with Crippen molar-refractivity contribution in [2.45, 2.75) is 25.8 Å². The lowest BCUT2D eigenvalue weighted by Gasteiger charge is -2.16. The Kier molecular flexibility index (Phi) is 5.63. The summed E-state index contributed by atoms with van der Waals surface area (Å²) in [4.78, 5) is 23.4. The lowest BCUT2D eigenvalue weighted by atomic mass is 10.0. The van der Waals surface area contributed by atoms with Crippen LogP contribution in [-0.4, -0.2) is 23.0 Å². The van der Waals surface area contributed by atoms with E-state index in [1.165, 1.54) is 6.07 Å². The van der Waals surface area contributed by atoms with Crippen LogP contribution in [-0.2, 0) is 22.4 Å². The third-order valence-corrected chi connectivity index (χ3v) is 3.72. The topological polar surface area (TPSA) is 66.4 Å². The van der Waals surface area contributed by atoms with E-state index in [4.69, 9.17) is 0 Å². The van der Waals surface area contributed by atoms with Gasteiger partial charge in [0, 0.05) is 12.0 Å². The third kappa shape index (κ3) is 4.38. The molecular formula is C18H17F2NO3. The lowest BCUT2D eigenvalue weighted by molar-refractivity contribution is -0.141. The minimum atomic E-state index is -1.21. The van der Waals surface area contributed by atoms with E-state index in [9.17, 15) is 23.5 Å². The minimum Gasteiger partial charge on any atom is -0.480 e. The molecule has 2 aromatic carbocycles. The van der Waals surface area contributed by atoms with E-state index in [-0.39, 0.29) is 12.0 Å². The zero-order valence-corrected chi connectivity index (χ0v) is 13.1. The van der Waals surface area contributed by atoms with Crippen molar-refractivity contribution >= 4 is 11.9 Å². The number of benzene rings is 2. The predicted molar refractivity (Wildman–Crippen MR) is 84.5 cm³/mol. The summed E-state index contributed by atoms with van der Waals surface area (Å²) in [5.74, 6) is -3.63. The Morgan fingerprint density at radius 2 is 1.71 bits per heavy atom. The van der Waals surface area contributed by atoms with Gasteiger partial charge in [0.2, 0.25) is 5.91 Å². The van der Waals surface area contributed by atoms with E-state index in [1.54, 1.807) is 12.1 Å². The molecule has 2 aromatic rings. The molecule has 0 aliphatic heterocycles. The average Bonchev–Trinajstić information content (AvgIpc) is 2.52. The highest BCUT2D eigenvalue weighted by atomic mass is 19.1. The van der Waals surface area contributed by atoms with E-state index in [1.807, 2.05) is 19.1 Å². The molecule has 0 heterocycles. The molecule has 0 radical (unpaired) electrons. The molecule has 0 aliphatic carbocycles. The molecule has 1 atom stereocenters. The number of nitrogens with one attached hydrogen (secondary N) is 1. The number of carboxylic acid groups (broad SMARTS) is 1. The van der Waals surface area contributed by atoms with Crippen LogP contribution >= 0.6 is 0 Å². The number of hydrogen-bond donors (Lipinski definition) is 2. The van der Waals surface area contributed by atoms with Crippen molar-refractivity contribution in [2.75, 3.05) is 0 Å². The molecule has 2 N–H and O–H groups in total. The van der Waals surface area contributed by atoms with E-state index < -0.39 is 36.0 Å². The molecule has 0 fully saturated rings. The van der Waals surface area contributed by atoms with Crippen molar-refractivity contribution in [2.24, 2.45) is 0 Å². The van der Waals surface area contributed by atoms with Crippen molar-refractivity contribution in [3.8, 4) is 0 Å². The van der Waals surface area contributed by atoms with Gasteiger partial charge < -0.3 is 10.4 Å². The average molecular weight is 333 g/mol. The number of rotatable bonds is 6. The summed E-state index contributed by atoms with van der Waals surface area (Å²) in [6, 6.07) is 9.34. The molecule has 126 valence electrons. The van der Waals surface area contributed by atoms with Crippen LogP contribution < -0.4 is 5.32 Å². The van der Waals surface area contributed by atoms with Gasteiger partial charge in [-0.05, 0) is 30.2 Å². The zero-order chi connectivity index (χ0) is 17.7. The van der Waals surface area contributed by atoms with Gasteiger partial charge in [0.1, 0.15) is 17.7 Å². The number of aliphatic carboxylic acids is 1. The van der Waals surface area contributed by atoms with E-state index in [0.29, 0.717) is 0 Å². The van der Waals surface area contributed by atoms with Gasteiger partial charge in [0.15, 0.2) is 0 Å². The first-order valence-corrected chi connectivity index (χ1v) is 7.38.